The highest BCUT2D eigenvalue weighted by atomic mass is 16.5. The molecule has 0 radical (unpaired) electrons. The molecule has 0 amide bonds. The minimum Gasteiger partial charge on any atom is -0.372 e. The summed E-state index contributed by atoms with van der Waals surface area (Å²) in [5.41, 5.74) is 1.08. The first-order chi connectivity index (χ1) is 11.6. The van der Waals surface area contributed by atoms with Crippen LogP contribution in [0.15, 0.2) is 41.3 Å². The second kappa shape index (κ2) is 5.45. The van der Waals surface area contributed by atoms with Crippen LogP contribution in [0.2, 0.25) is 0 Å². The Hall–Kier alpha value is -2.67. The highest BCUT2D eigenvalue weighted by molar-refractivity contribution is 5.76. The van der Waals surface area contributed by atoms with E-state index in [1.807, 2.05) is 42.2 Å². The Morgan fingerprint density at radius 1 is 1.29 bits per heavy atom. The van der Waals surface area contributed by atoms with Crippen LogP contribution in [0.4, 0.5) is 5.95 Å². The summed E-state index contributed by atoms with van der Waals surface area (Å²) in [7, 11) is 0. The zero-order valence-electron chi connectivity index (χ0n) is 13.7. The van der Waals surface area contributed by atoms with Crippen LogP contribution < -0.4 is 10.5 Å². The van der Waals surface area contributed by atoms with E-state index in [1.165, 1.54) is 0 Å². The van der Waals surface area contributed by atoms with Crippen LogP contribution in [0.3, 0.4) is 0 Å². The standard InChI is InChI=1S/C17H19N5O2/c1-3-24-17(2)10-21(11-17)16-19-14-13(15(23)20-16)9-18-22(14)12-7-5-4-6-8-12/h4-9H,3,10-11H2,1-2H3,(H,19,20,23). The van der Waals surface area contributed by atoms with Crippen molar-refractivity contribution in [2.24, 2.45) is 0 Å². The van der Waals surface area contributed by atoms with Gasteiger partial charge in [-0.05, 0) is 26.0 Å². The molecule has 7 heteroatoms. The van der Waals surface area contributed by atoms with Gasteiger partial charge in [-0.1, -0.05) is 18.2 Å². The summed E-state index contributed by atoms with van der Waals surface area (Å²) in [5, 5.41) is 4.80. The van der Waals surface area contributed by atoms with Gasteiger partial charge in [0.25, 0.3) is 5.56 Å². The number of ether oxygens (including phenoxy) is 1. The topological polar surface area (TPSA) is 76.0 Å². The lowest BCUT2D eigenvalue weighted by molar-refractivity contribution is -0.0452. The molecule has 3 heterocycles. The molecule has 1 aromatic carbocycles. The Labute approximate surface area is 138 Å². The number of H-pyrrole nitrogens is 1. The molecule has 0 saturated carbocycles. The zero-order valence-corrected chi connectivity index (χ0v) is 13.7. The molecular formula is C17H19N5O2. The number of nitrogens with one attached hydrogen (secondary N) is 1. The molecule has 7 nitrogen and oxygen atoms in total. The number of anilines is 1. The number of rotatable bonds is 4. The smallest absolute Gasteiger partial charge is 0.263 e. The van der Waals surface area contributed by atoms with Crippen molar-refractivity contribution < 1.29 is 4.74 Å². The average molecular weight is 325 g/mol. The first-order valence-corrected chi connectivity index (χ1v) is 8.02. The number of nitrogens with zero attached hydrogens (tertiary/aromatic N) is 4. The van der Waals surface area contributed by atoms with Gasteiger partial charge < -0.3 is 9.64 Å². The van der Waals surface area contributed by atoms with E-state index in [1.54, 1.807) is 10.9 Å². The van der Waals surface area contributed by atoms with E-state index in [4.69, 9.17) is 4.74 Å². The third-order valence-electron chi connectivity index (χ3n) is 4.27. The second-order valence-corrected chi connectivity index (χ2v) is 6.26. The summed E-state index contributed by atoms with van der Waals surface area (Å²) in [4.78, 5) is 21.9. The zero-order chi connectivity index (χ0) is 16.7. The second-order valence-electron chi connectivity index (χ2n) is 6.26. The van der Waals surface area contributed by atoms with Crippen LogP contribution in [0.5, 0.6) is 0 Å². The Balaban J connectivity index is 1.73. The van der Waals surface area contributed by atoms with Crippen molar-refractivity contribution in [3.05, 3.63) is 46.9 Å². The normalized spacial score (nSPS) is 16.3. The highest BCUT2D eigenvalue weighted by Gasteiger charge is 2.40. The Morgan fingerprint density at radius 3 is 2.75 bits per heavy atom. The van der Waals surface area contributed by atoms with Gasteiger partial charge in [0.15, 0.2) is 5.65 Å². The predicted octanol–water partition coefficient (Wildman–Crippen LogP) is 1.72. The van der Waals surface area contributed by atoms with E-state index < -0.39 is 0 Å². The van der Waals surface area contributed by atoms with Gasteiger partial charge in [-0.3, -0.25) is 9.78 Å². The molecule has 124 valence electrons. The SMILES string of the molecule is CCOC1(C)CN(c2nc3c(cnn3-c3ccccc3)c(=O)[nH]2)C1. The van der Waals surface area contributed by atoms with Crippen molar-refractivity contribution in [1.82, 2.24) is 19.7 Å². The van der Waals surface area contributed by atoms with E-state index in [2.05, 4.69) is 22.0 Å². The van der Waals surface area contributed by atoms with E-state index in [-0.39, 0.29) is 11.2 Å². The molecule has 0 atom stereocenters. The Kier molecular flexibility index (Phi) is 3.38. The largest absolute Gasteiger partial charge is 0.372 e. The van der Waals surface area contributed by atoms with Crippen molar-refractivity contribution in [3.63, 3.8) is 0 Å². The van der Waals surface area contributed by atoms with Crippen molar-refractivity contribution in [3.8, 4) is 5.69 Å². The van der Waals surface area contributed by atoms with E-state index >= 15 is 0 Å². The van der Waals surface area contributed by atoms with E-state index in [0.717, 1.165) is 5.69 Å². The number of para-hydroxylation sites is 1. The summed E-state index contributed by atoms with van der Waals surface area (Å²) in [6, 6.07) is 9.67. The highest BCUT2D eigenvalue weighted by Crippen LogP contribution is 2.28. The summed E-state index contributed by atoms with van der Waals surface area (Å²) in [5.74, 6) is 0.558. The number of hydrogen-bond donors (Lipinski definition) is 1. The first-order valence-electron chi connectivity index (χ1n) is 8.02. The minimum absolute atomic E-state index is 0.179. The molecule has 1 aliphatic heterocycles. The predicted molar refractivity (Wildman–Crippen MR) is 91.7 cm³/mol. The quantitative estimate of drug-likeness (QED) is 0.790. The molecule has 1 fully saturated rings. The molecule has 3 aromatic rings. The van der Waals surface area contributed by atoms with Gasteiger partial charge in [0.1, 0.15) is 11.0 Å². The fraction of sp³-hybridized carbons (Fsp3) is 0.353. The number of hydrogen-bond acceptors (Lipinski definition) is 5. The van der Waals surface area contributed by atoms with Crippen LogP contribution in [0.1, 0.15) is 13.8 Å². The molecule has 0 unspecified atom stereocenters. The maximum absolute atomic E-state index is 12.4. The van der Waals surface area contributed by atoms with Crippen molar-refractivity contribution in [1.29, 1.82) is 0 Å². The van der Waals surface area contributed by atoms with E-state index in [0.29, 0.717) is 36.7 Å². The monoisotopic (exact) mass is 325 g/mol. The fourth-order valence-electron chi connectivity index (χ4n) is 3.17. The molecular weight excluding hydrogens is 306 g/mol. The molecule has 1 saturated heterocycles. The van der Waals surface area contributed by atoms with Gasteiger partial charge >= 0.3 is 0 Å². The van der Waals surface area contributed by atoms with Crippen LogP contribution in [-0.4, -0.2) is 45.0 Å². The molecule has 24 heavy (non-hydrogen) atoms. The minimum atomic E-state index is -0.179. The number of aromatic amines is 1. The molecule has 0 aliphatic carbocycles. The van der Waals surface area contributed by atoms with Gasteiger partial charge in [-0.2, -0.15) is 10.1 Å². The third-order valence-corrected chi connectivity index (χ3v) is 4.27. The fourth-order valence-corrected chi connectivity index (χ4v) is 3.17. The first kappa shape index (κ1) is 14.9. The van der Waals surface area contributed by atoms with Gasteiger partial charge in [0.05, 0.1) is 25.0 Å². The van der Waals surface area contributed by atoms with Crippen molar-refractivity contribution in [2.75, 3.05) is 24.6 Å². The molecule has 1 aliphatic rings. The number of aromatic nitrogens is 4. The van der Waals surface area contributed by atoms with Crippen molar-refractivity contribution in [2.45, 2.75) is 19.4 Å². The summed E-state index contributed by atoms with van der Waals surface area (Å²) in [6.07, 6.45) is 1.55. The lowest BCUT2D eigenvalue weighted by Crippen LogP contribution is -2.62. The van der Waals surface area contributed by atoms with Crippen LogP contribution in [0, 0.1) is 0 Å². The third kappa shape index (κ3) is 2.37. The van der Waals surface area contributed by atoms with Crippen LogP contribution in [0.25, 0.3) is 16.7 Å². The number of fused-ring (bicyclic) bond motifs is 1. The van der Waals surface area contributed by atoms with Crippen LogP contribution >= 0.6 is 0 Å². The van der Waals surface area contributed by atoms with Crippen LogP contribution in [-0.2, 0) is 4.74 Å². The van der Waals surface area contributed by atoms with E-state index in [9.17, 15) is 4.79 Å². The van der Waals surface area contributed by atoms with Gasteiger partial charge in [0.2, 0.25) is 5.95 Å². The molecule has 4 rings (SSSR count). The summed E-state index contributed by atoms with van der Waals surface area (Å²) < 4.78 is 7.42. The maximum Gasteiger partial charge on any atom is 0.263 e. The molecule has 0 bridgehead atoms. The van der Waals surface area contributed by atoms with Gasteiger partial charge in [-0.25, -0.2) is 4.68 Å². The molecule has 1 N–H and O–H groups in total. The summed E-state index contributed by atoms with van der Waals surface area (Å²) in [6.45, 7) is 6.13. The Morgan fingerprint density at radius 2 is 2.04 bits per heavy atom. The molecule has 0 spiro atoms. The lowest BCUT2D eigenvalue weighted by Gasteiger charge is -2.47. The molecule has 2 aromatic heterocycles. The van der Waals surface area contributed by atoms with Gasteiger partial charge in [0, 0.05) is 6.61 Å². The number of benzene rings is 1. The average Bonchev–Trinajstić information content (AvgIpc) is 2.98. The Bertz CT molecular complexity index is 925. The maximum atomic E-state index is 12.4. The van der Waals surface area contributed by atoms with Gasteiger partial charge in [-0.15, -0.1) is 0 Å². The summed E-state index contributed by atoms with van der Waals surface area (Å²) >= 11 is 0. The lowest BCUT2D eigenvalue weighted by atomic mass is 9.97. The van der Waals surface area contributed by atoms with Crippen molar-refractivity contribution >= 4 is 17.0 Å².